The number of anilines is 2. The van der Waals surface area contributed by atoms with Crippen molar-refractivity contribution in [3.8, 4) is 0 Å². The number of esters is 1. The van der Waals surface area contributed by atoms with Gasteiger partial charge >= 0.3 is 12.0 Å². The van der Waals surface area contributed by atoms with E-state index in [9.17, 15) is 28.0 Å². The van der Waals surface area contributed by atoms with Crippen LogP contribution in [0.2, 0.25) is 0 Å². The van der Waals surface area contributed by atoms with E-state index in [4.69, 9.17) is 0 Å². The zero-order valence-corrected chi connectivity index (χ0v) is 19.8. The normalized spacial score (nSPS) is 15.2. The Labute approximate surface area is 211 Å². The molecule has 1 N–H and O–H groups in total. The number of halogens is 2. The molecule has 10 heteroatoms. The maximum Gasteiger partial charge on any atom is 0.337 e. The molecular formula is C27H23F2N3O5. The molecule has 190 valence electrons. The number of ether oxygens (including phenoxy) is 1. The number of methoxy groups -OCH3 is 1. The number of hydrogen-bond acceptors (Lipinski definition) is 5. The van der Waals surface area contributed by atoms with E-state index >= 15 is 0 Å². The third-order valence-corrected chi connectivity index (χ3v) is 5.95. The number of carbonyl (C=O) groups is 4. The summed E-state index contributed by atoms with van der Waals surface area (Å²) in [5.41, 5.74) is 1.19. The fraction of sp³-hybridized carbons (Fsp3) is 0.185. The molecule has 0 aliphatic carbocycles. The molecule has 4 amide bonds. The van der Waals surface area contributed by atoms with Crippen LogP contribution < -0.4 is 10.2 Å². The summed E-state index contributed by atoms with van der Waals surface area (Å²) >= 11 is 0. The van der Waals surface area contributed by atoms with Gasteiger partial charge in [0.05, 0.1) is 24.8 Å². The van der Waals surface area contributed by atoms with Crippen molar-refractivity contribution in [2.75, 3.05) is 23.9 Å². The molecule has 3 aromatic rings. The number of imide groups is 1. The highest BCUT2D eigenvalue weighted by Gasteiger charge is 2.46. The van der Waals surface area contributed by atoms with Crippen molar-refractivity contribution in [3.05, 3.63) is 95.6 Å². The lowest BCUT2D eigenvalue weighted by molar-refractivity contribution is -0.124. The number of amides is 4. The van der Waals surface area contributed by atoms with Crippen LogP contribution in [0.4, 0.5) is 25.0 Å². The van der Waals surface area contributed by atoms with Crippen molar-refractivity contribution >= 4 is 35.2 Å². The van der Waals surface area contributed by atoms with E-state index in [-0.39, 0.29) is 25.1 Å². The van der Waals surface area contributed by atoms with E-state index in [1.165, 1.54) is 54.5 Å². The first-order valence-electron chi connectivity index (χ1n) is 11.4. The Morgan fingerprint density at radius 3 is 2.27 bits per heavy atom. The van der Waals surface area contributed by atoms with Gasteiger partial charge in [0.2, 0.25) is 5.91 Å². The van der Waals surface area contributed by atoms with Crippen LogP contribution in [0.3, 0.4) is 0 Å². The SMILES string of the molecule is COC(=O)c1ccc(NC(=O)C[C@@H]2C(=O)N(c3ccc(F)cc3)C(=O)N2CCc2ccccc2F)cc1. The molecule has 0 saturated carbocycles. The number of nitrogens with one attached hydrogen (secondary N) is 1. The number of rotatable bonds is 8. The van der Waals surface area contributed by atoms with Gasteiger partial charge in [-0.2, -0.15) is 0 Å². The number of hydrogen-bond donors (Lipinski definition) is 1. The topological polar surface area (TPSA) is 96.0 Å². The van der Waals surface area contributed by atoms with E-state index in [1.807, 2.05) is 0 Å². The van der Waals surface area contributed by atoms with Gasteiger partial charge in [-0.05, 0) is 66.6 Å². The Morgan fingerprint density at radius 1 is 0.946 bits per heavy atom. The van der Waals surface area contributed by atoms with Crippen LogP contribution in [0.25, 0.3) is 0 Å². The monoisotopic (exact) mass is 507 g/mol. The van der Waals surface area contributed by atoms with Gasteiger partial charge in [-0.3, -0.25) is 9.59 Å². The Hall–Kier alpha value is -4.60. The molecule has 1 aliphatic heterocycles. The van der Waals surface area contributed by atoms with Crippen molar-refractivity contribution in [3.63, 3.8) is 0 Å². The van der Waals surface area contributed by atoms with Crippen molar-refractivity contribution in [2.24, 2.45) is 0 Å². The highest BCUT2D eigenvalue weighted by molar-refractivity contribution is 6.22. The molecule has 0 radical (unpaired) electrons. The summed E-state index contributed by atoms with van der Waals surface area (Å²) in [6.45, 7) is -0.0189. The van der Waals surface area contributed by atoms with E-state index in [0.717, 1.165) is 17.0 Å². The molecule has 1 aliphatic rings. The maximum absolute atomic E-state index is 14.2. The van der Waals surface area contributed by atoms with Gasteiger partial charge in [-0.15, -0.1) is 0 Å². The quantitative estimate of drug-likeness (QED) is 0.365. The summed E-state index contributed by atoms with van der Waals surface area (Å²) in [5.74, 6) is -2.71. The predicted molar refractivity (Wildman–Crippen MR) is 131 cm³/mol. The van der Waals surface area contributed by atoms with Crippen LogP contribution in [0, 0.1) is 11.6 Å². The van der Waals surface area contributed by atoms with Gasteiger partial charge in [0.1, 0.15) is 17.7 Å². The lowest BCUT2D eigenvalue weighted by atomic mass is 10.1. The maximum atomic E-state index is 14.2. The molecule has 8 nitrogen and oxygen atoms in total. The summed E-state index contributed by atoms with van der Waals surface area (Å²) in [6.07, 6.45) is -0.242. The zero-order valence-electron chi connectivity index (χ0n) is 19.8. The first kappa shape index (κ1) is 25.5. The Morgan fingerprint density at radius 2 is 1.62 bits per heavy atom. The highest BCUT2D eigenvalue weighted by atomic mass is 19.1. The highest BCUT2D eigenvalue weighted by Crippen LogP contribution is 2.28. The molecule has 3 aromatic carbocycles. The van der Waals surface area contributed by atoms with Crippen LogP contribution in [-0.4, -0.2) is 48.4 Å². The number of urea groups is 1. The summed E-state index contributed by atoms with van der Waals surface area (Å²) in [4.78, 5) is 53.1. The molecule has 0 unspecified atom stereocenters. The fourth-order valence-electron chi connectivity index (χ4n) is 4.05. The van der Waals surface area contributed by atoms with Gasteiger partial charge in [0.25, 0.3) is 5.91 Å². The van der Waals surface area contributed by atoms with Crippen molar-refractivity contribution in [1.82, 2.24) is 4.90 Å². The molecule has 0 bridgehead atoms. The van der Waals surface area contributed by atoms with Gasteiger partial charge in [-0.25, -0.2) is 23.3 Å². The van der Waals surface area contributed by atoms with Crippen molar-refractivity contribution in [2.45, 2.75) is 18.9 Å². The molecule has 1 fully saturated rings. The lowest BCUT2D eigenvalue weighted by Crippen LogP contribution is -2.39. The molecule has 4 rings (SSSR count). The summed E-state index contributed by atoms with van der Waals surface area (Å²) in [6, 6.07) is 15.0. The first-order valence-corrected chi connectivity index (χ1v) is 11.4. The van der Waals surface area contributed by atoms with Crippen LogP contribution in [0.1, 0.15) is 22.3 Å². The summed E-state index contributed by atoms with van der Waals surface area (Å²) in [5, 5.41) is 2.64. The van der Waals surface area contributed by atoms with E-state index in [1.54, 1.807) is 18.2 Å². The van der Waals surface area contributed by atoms with Gasteiger partial charge in [0.15, 0.2) is 0 Å². The molecule has 1 heterocycles. The molecule has 0 spiro atoms. The molecule has 1 atom stereocenters. The predicted octanol–water partition coefficient (Wildman–Crippen LogP) is 4.16. The molecule has 1 saturated heterocycles. The van der Waals surface area contributed by atoms with E-state index in [0.29, 0.717) is 16.8 Å². The second kappa shape index (κ2) is 11.0. The van der Waals surface area contributed by atoms with Crippen molar-refractivity contribution < 1.29 is 32.7 Å². The lowest BCUT2D eigenvalue weighted by Gasteiger charge is -2.21. The minimum atomic E-state index is -1.15. The third kappa shape index (κ3) is 5.64. The van der Waals surface area contributed by atoms with Crippen LogP contribution in [-0.2, 0) is 20.7 Å². The first-order chi connectivity index (χ1) is 17.8. The largest absolute Gasteiger partial charge is 0.465 e. The summed E-state index contributed by atoms with van der Waals surface area (Å²) < 4.78 is 32.2. The average Bonchev–Trinajstić information content (AvgIpc) is 3.12. The Kier molecular flexibility index (Phi) is 7.57. The van der Waals surface area contributed by atoms with Crippen LogP contribution >= 0.6 is 0 Å². The second-order valence-electron chi connectivity index (χ2n) is 8.30. The zero-order chi connectivity index (χ0) is 26.5. The minimum absolute atomic E-state index is 0.0189. The molecule has 37 heavy (non-hydrogen) atoms. The van der Waals surface area contributed by atoms with Gasteiger partial charge in [-0.1, -0.05) is 18.2 Å². The average molecular weight is 507 g/mol. The molecular weight excluding hydrogens is 484 g/mol. The van der Waals surface area contributed by atoms with Gasteiger partial charge in [0, 0.05) is 12.2 Å². The third-order valence-electron chi connectivity index (χ3n) is 5.95. The molecule has 0 aromatic heterocycles. The van der Waals surface area contributed by atoms with Crippen LogP contribution in [0.5, 0.6) is 0 Å². The van der Waals surface area contributed by atoms with Crippen molar-refractivity contribution in [1.29, 1.82) is 0 Å². The van der Waals surface area contributed by atoms with Crippen LogP contribution in [0.15, 0.2) is 72.8 Å². The summed E-state index contributed by atoms with van der Waals surface area (Å²) in [7, 11) is 1.26. The smallest absolute Gasteiger partial charge is 0.337 e. The minimum Gasteiger partial charge on any atom is -0.465 e. The van der Waals surface area contributed by atoms with Gasteiger partial charge < -0.3 is 15.0 Å². The Balaban J connectivity index is 1.53. The fourth-order valence-corrected chi connectivity index (χ4v) is 4.05. The number of nitrogens with zero attached hydrogens (tertiary/aromatic N) is 2. The number of carbonyl (C=O) groups excluding carboxylic acids is 4. The van der Waals surface area contributed by atoms with E-state index < -0.39 is 41.5 Å². The Bertz CT molecular complexity index is 1330. The second-order valence-corrected chi connectivity index (χ2v) is 8.30. The standard InChI is InChI=1S/C27H23F2N3O5/c1-37-26(35)18-6-10-20(11-7-18)30-24(33)16-23-25(34)32(21-12-8-19(28)9-13-21)27(36)31(23)15-14-17-4-2-3-5-22(17)29/h2-13,23H,14-16H2,1H3,(H,30,33)/t23-/m1/s1. The number of benzene rings is 3. The van der Waals surface area contributed by atoms with E-state index in [2.05, 4.69) is 10.1 Å².